The lowest BCUT2D eigenvalue weighted by molar-refractivity contribution is 0.102. The molecule has 6 heteroatoms. The van der Waals surface area contributed by atoms with Crippen LogP contribution in [0.2, 0.25) is 0 Å². The fourth-order valence-corrected chi connectivity index (χ4v) is 2.66. The first-order valence-corrected chi connectivity index (χ1v) is 8.43. The number of carbonyl (C=O) groups is 1. The van der Waals surface area contributed by atoms with Crippen LogP contribution < -0.4 is 5.32 Å². The first kappa shape index (κ1) is 16.7. The molecule has 132 valence electrons. The Morgan fingerprint density at radius 1 is 0.963 bits per heavy atom. The Hall–Kier alpha value is -3.80. The van der Waals surface area contributed by atoms with Crippen LogP contribution in [0.25, 0.3) is 22.8 Å². The number of hydrogen-bond donors (Lipinski definition) is 1. The third-order valence-electron chi connectivity index (χ3n) is 4.10. The van der Waals surface area contributed by atoms with Gasteiger partial charge in [0.1, 0.15) is 5.69 Å². The van der Waals surface area contributed by atoms with Gasteiger partial charge < -0.3 is 9.84 Å². The lowest BCUT2D eigenvalue weighted by Gasteiger charge is -2.04. The molecule has 2 aromatic carbocycles. The van der Waals surface area contributed by atoms with Crippen LogP contribution in [0.5, 0.6) is 0 Å². The van der Waals surface area contributed by atoms with Gasteiger partial charge in [-0.2, -0.15) is 4.98 Å². The fraction of sp³-hybridized carbons (Fsp3) is 0.0476. The molecule has 27 heavy (non-hydrogen) atoms. The van der Waals surface area contributed by atoms with E-state index in [9.17, 15) is 4.79 Å². The van der Waals surface area contributed by atoms with E-state index < -0.39 is 0 Å². The standard InChI is InChI=1S/C21H16N4O2/c1-14-6-2-3-7-17(14)21-24-19(25-27-21)15-9-11-16(12-10-15)23-20(26)18-8-4-5-13-22-18/h2-13H,1H3,(H,23,26). The van der Waals surface area contributed by atoms with Crippen LogP contribution in [0.15, 0.2) is 77.4 Å². The van der Waals surface area contributed by atoms with Crippen molar-refractivity contribution in [3.63, 3.8) is 0 Å². The van der Waals surface area contributed by atoms with Gasteiger partial charge in [0.05, 0.1) is 0 Å². The van der Waals surface area contributed by atoms with E-state index in [1.54, 1.807) is 36.5 Å². The summed E-state index contributed by atoms with van der Waals surface area (Å²) in [6.07, 6.45) is 1.58. The van der Waals surface area contributed by atoms with E-state index >= 15 is 0 Å². The van der Waals surface area contributed by atoms with Gasteiger partial charge in [-0.25, -0.2) is 0 Å². The van der Waals surface area contributed by atoms with Gasteiger partial charge in [0.2, 0.25) is 5.82 Å². The van der Waals surface area contributed by atoms with Gasteiger partial charge >= 0.3 is 0 Å². The predicted molar refractivity (Wildman–Crippen MR) is 102 cm³/mol. The summed E-state index contributed by atoms with van der Waals surface area (Å²) < 4.78 is 5.40. The second-order valence-electron chi connectivity index (χ2n) is 5.98. The topological polar surface area (TPSA) is 80.9 Å². The van der Waals surface area contributed by atoms with Crippen LogP contribution in [0.3, 0.4) is 0 Å². The van der Waals surface area contributed by atoms with Gasteiger partial charge in [-0.15, -0.1) is 0 Å². The lowest BCUT2D eigenvalue weighted by atomic mass is 10.1. The smallest absolute Gasteiger partial charge is 0.274 e. The van der Waals surface area contributed by atoms with Crippen molar-refractivity contribution < 1.29 is 9.32 Å². The van der Waals surface area contributed by atoms with E-state index in [0.29, 0.717) is 23.1 Å². The number of hydrogen-bond acceptors (Lipinski definition) is 5. The Kier molecular flexibility index (Phi) is 4.45. The summed E-state index contributed by atoms with van der Waals surface area (Å²) in [6.45, 7) is 2.00. The fourth-order valence-electron chi connectivity index (χ4n) is 2.66. The van der Waals surface area contributed by atoms with E-state index in [1.165, 1.54) is 0 Å². The molecule has 0 unspecified atom stereocenters. The highest BCUT2D eigenvalue weighted by atomic mass is 16.5. The molecule has 0 saturated carbocycles. The Bertz CT molecular complexity index is 1070. The van der Waals surface area contributed by atoms with Gasteiger partial charge in [0.25, 0.3) is 11.8 Å². The number of carbonyl (C=O) groups excluding carboxylic acids is 1. The average Bonchev–Trinajstić information content (AvgIpc) is 3.19. The van der Waals surface area contributed by atoms with Crippen LogP contribution in [0.4, 0.5) is 5.69 Å². The zero-order valence-corrected chi connectivity index (χ0v) is 14.6. The molecule has 1 N–H and O–H groups in total. The number of nitrogens with zero attached hydrogens (tertiary/aromatic N) is 3. The summed E-state index contributed by atoms with van der Waals surface area (Å²) in [4.78, 5) is 20.7. The number of rotatable bonds is 4. The molecule has 0 aliphatic rings. The van der Waals surface area contributed by atoms with E-state index in [0.717, 1.165) is 16.7 Å². The van der Waals surface area contributed by atoms with Crippen molar-refractivity contribution in [2.24, 2.45) is 0 Å². The number of anilines is 1. The first-order chi connectivity index (χ1) is 13.2. The van der Waals surface area contributed by atoms with Crippen molar-refractivity contribution in [2.75, 3.05) is 5.32 Å². The molecule has 0 aliphatic carbocycles. The average molecular weight is 356 g/mol. The van der Waals surface area contributed by atoms with Crippen molar-refractivity contribution in [1.82, 2.24) is 15.1 Å². The van der Waals surface area contributed by atoms with Gasteiger partial charge in [0.15, 0.2) is 0 Å². The third-order valence-corrected chi connectivity index (χ3v) is 4.10. The highest BCUT2D eigenvalue weighted by Gasteiger charge is 2.12. The summed E-state index contributed by atoms with van der Waals surface area (Å²) in [5, 5.41) is 6.87. The molecular weight excluding hydrogens is 340 g/mol. The van der Waals surface area contributed by atoms with Crippen LogP contribution in [-0.2, 0) is 0 Å². The minimum absolute atomic E-state index is 0.259. The number of nitrogens with one attached hydrogen (secondary N) is 1. The van der Waals surface area contributed by atoms with Crippen LogP contribution in [0, 0.1) is 6.92 Å². The molecule has 4 aromatic rings. The van der Waals surface area contributed by atoms with Crippen LogP contribution >= 0.6 is 0 Å². The van der Waals surface area contributed by atoms with Crippen LogP contribution in [0.1, 0.15) is 16.1 Å². The Labute approximate surface area is 155 Å². The Balaban J connectivity index is 1.51. The van der Waals surface area contributed by atoms with Crippen molar-refractivity contribution >= 4 is 11.6 Å². The number of aryl methyl sites for hydroxylation is 1. The van der Waals surface area contributed by atoms with Gasteiger partial charge in [0, 0.05) is 23.0 Å². The molecule has 4 rings (SSSR count). The van der Waals surface area contributed by atoms with Crippen molar-refractivity contribution in [1.29, 1.82) is 0 Å². The molecule has 6 nitrogen and oxygen atoms in total. The Morgan fingerprint density at radius 3 is 2.48 bits per heavy atom. The van der Waals surface area contributed by atoms with Crippen LogP contribution in [-0.4, -0.2) is 21.0 Å². The minimum atomic E-state index is -0.259. The van der Waals surface area contributed by atoms with E-state index in [1.807, 2.05) is 43.3 Å². The molecule has 0 fully saturated rings. The third kappa shape index (κ3) is 3.59. The molecule has 0 spiro atoms. The summed E-state index contributed by atoms with van der Waals surface area (Å²) >= 11 is 0. The molecule has 2 aromatic heterocycles. The maximum absolute atomic E-state index is 12.1. The maximum Gasteiger partial charge on any atom is 0.274 e. The summed E-state index contributed by atoms with van der Waals surface area (Å²) in [5.74, 6) is 0.719. The molecule has 2 heterocycles. The lowest BCUT2D eigenvalue weighted by Crippen LogP contribution is -2.13. The van der Waals surface area contributed by atoms with Gasteiger partial charge in [-0.1, -0.05) is 29.4 Å². The van der Waals surface area contributed by atoms with Crippen molar-refractivity contribution in [2.45, 2.75) is 6.92 Å². The second kappa shape index (κ2) is 7.21. The molecule has 0 atom stereocenters. The minimum Gasteiger partial charge on any atom is -0.334 e. The highest BCUT2D eigenvalue weighted by Crippen LogP contribution is 2.25. The zero-order chi connectivity index (χ0) is 18.6. The first-order valence-electron chi connectivity index (χ1n) is 8.43. The van der Waals surface area contributed by atoms with E-state index in [2.05, 4.69) is 20.4 Å². The van der Waals surface area contributed by atoms with E-state index in [4.69, 9.17) is 4.52 Å². The molecule has 0 saturated heterocycles. The van der Waals surface area contributed by atoms with Crippen molar-refractivity contribution in [3.05, 3.63) is 84.2 Å². The monoisotopic (exact) mass is 356 g/mol. The molecular formula is C21H16N4O2. The summed E-state index contributed by atoms with van der Waals surface area (Å²) in [7, 11) is 0. The highest BCUT2D eigenvalue weighted by molar-refractivity contribution is 6.02. The molecule has 0 radical (unpaired) electrons. The Morgan fingerprint density at radius 2 is 1.74 bits per heavy atom. The predicted octanol–water partition coefficient (Wildman–Crippen LogP) is 4.36. The summed E-state index contributed by atoms with van der Waals surface area (Å²) in [5.41, 5.74) is 3.81. The van der Waals surface area contributed by atoms with Gasteiger partial charge in [-0.3, -0.25) is 9.78 Å². The number of pyridine rings is 1. The van der Waals surface area contributed by atoms with Gasteiger partial charge in [-0.05, 0) is 55.0 Å². The van der Waals surface area contributed by atoms with Crippen molar-refractivity contribution in [3.8, 4) is 22.8 Å². The maximum atomic E-state index is 12.1. The molecule has 0 bridgehead atoms. The number of aromatic nitrogens is 3. The second-order valence-corrected chi connectivity index (χ2v) is 5.98. The zero-order valence-electron chi connectivity index (χ0n) is 14.6. The van der Waals surface area contributed by atoms with E-state index in [-0.39, 0.29) is 5.91 Å². The molecule has 1 amide bonds. The quantitative estimate of drug-likeness (QED) is 0.587. The normalized spacial score (nSPS) is 10.6. The summed E-state index contributed by atoms with van der Waals surface area (Å²) in [6, 6.07) is 20.3. The SMILES string of the molecule is Cc1ccccc1-c1nc(-c2ccc(NC(=O)c3ccccn3)cc2)no1. The number of amides is 1. The largest absolute Gasteiger partial charge is 0.334 e. The number of benzene rings is 2. The molecule has 0 aliphatic heterocycles.